The summed E-state index contributed by atoms with van der Waals surface area (Å²) in [4.78, 5) is 13.0. The zero-order valence-electron chi connectivity index (χ0n) is 15.4. The number of piperidine rings is 1. The number of hydrogen-bond acceptors (Lipinski definition) is 2. The highest BCUT2D eigenvalue weighted by Gasteiger charge is 2.31. The molecular weight excluding hydrogens is 310 g/mol. The lowest BCUT2D eigenvalue weighted by molar-refractivity contribution is -0.896. The number of hydrogen-bond donors (Lipinski definition) is 0. The molecule has 3 nitrogen and oxygen atoms in total. The molecule has 3 heteroatoms. The summed E-state index contributed by atoms with van der Waals surface area (Å²) in [5, 5.41) is 0. The number of rotatable bonds is 4. The molecule has 1 saturated heterocycles. The summed E-state index contributed by atoms with van der Waals surface area (Å²) < 4.78 is 6.94. The van der Waals surface area contributed by atoms with Crippen LogP contribution < -0.4 is 0 Å². The Morgan fingerprint density at radius 2 is 1.52 bits per heavy atom. The summed E-state index contributed by atoms with van der Waals surface area (Å²) in [6.45, 7) is 4.17. The summed E-state index contributed by atoms with van der Waals surface area (Å²) >= 11 is 0. The molecule has 3 rings (SSSR count). The number of quaternary nitrogens is 1. The average molecular weight is 338 g/mol. The van der Waals surface area contributed by atoms with Crippen molar-refractivity contribution < 1.29 is 14.0 Å². The molecule has 0 saturated carbocycles. The molecule has 0 spiro atoms. The smallest absolute Gasteiger partial charge is 0.318 e. The fourth-order valence-corrected chi connectivity index (χ4v) is 3.46. The van der Waals surface area contributed by atoms with Crippen LogP contribution in [0.4, 0.5) is 0 Å². The zero-order valence-corrected chi connectivity index (χ0v) is 15.4. The molecule has 1 aliphatic rings. The highest BCUT2D eigenvalue weighted by Crippen LogP contribution is 2.28. The number of carbonyl (C=O) groups excluding carboxylic acids is 1. The van der Waals surface area contributed by atoms with Crippen LogP contribution in [-0.4, -0.2) is 43.7 Å². The minimum atomic E-state index is -0.355. The van der Waals surface area contributed by atoms with E-state index in [1.807, 2.05) is 42.5 Å². The Morgan fingerprint density at radius 3 is 2.12 bits per heavy atom. The first-order valence-electron chi connectivity index (χ1n) is 9.09. The topological polar surface area (TPSA) is 26.3 Å². The molecular formula is C22H28NO2+. The summed E-state index contributed by atoms with van der Waals surface area (Å²) in [5.41, 5.74) is 3.17. The average Bonchev–Trinajstić information content (AvgIpc) is 2.60. The highest BCUT2D eigenvalue weighted by atomic mass is 16.5. The van der Waals surface area contributed by atoms with Gasteiger partial charge in [-0.1, -0.05) is 60.2 Å². The molecule has 0 amide bonds. The van der Waals surface area contributed by atoms with E-state index in [0.717, 1.165) is 41.5 Å². The lowest BCUT2D eigenvalue weighted by Crippen LogP contribution is -2.48. The molecule has 2 aromatic rings. The van der Waals surface area contributed by atoms with Gasteiger partial charge in [-0.2, -0.15) is 0 Å². The van der Waals surface area contributed by atoms with Crippen LogP contribution in [0.15, 0.2) is 54.6 Å². The van der Waals surface area contributed by atoms with Gasteiger partial charge in [-0.25, -0.2) is 0 Å². The van der Waals surface area contributed by atoms with Crippen LogP contribution in [0.2, 0.25) is 0 Å². The summed E-state index contributed by atoms with van der Waals surface area (Å²) in [6, 6.07) is 18.1. The van der Waals surface area contributed by atoms with Crippen LogP contribution in [-0.2, 0) is 9.53 Å². The first kappa shape index (κ1) is 17.7. The maximum Gasteiger partial charge on any atom is 0.318 e. The maximum absolute atomic E-state index is 13.0. The number of esters is 1. The first-order chi connectivity index (χ1) is 11.9. The van der Waals surface area contributed by atoms with E-state index in [9.17, 15) is 4.79 Å². The van der Waals surface area contributed by atoms with Gasteiger partial charge in [-0.15, -0.1) is 0 Å². The van der Waals surface area contributed by atoms with Crippen molar-refractivity contribution in [2.45, 2.75) is 31.8 Å². The van der Waals surface area contributed by atoms with Crippen LogP contribution in [0.1, 0.15) is 35.4 Å². The molecule has 1 unspecified atom stereocenters. The van der Waals surface area contributed by atoms with E-state index in [0.29, 0.717) is 0 Å². The number of carbonyl (C=O) groups is 1. The maximum atomic E-state index is 13.0. The predicted molar refractivity (Wildman–Crippen MR) is 100 cm³/mol. The van der Waals surface area contributed by atoms with Crippen molar-refractivity contribution in [2.75, 3.05) is 27.2 Å². The van der Waals surface area contributed by atoms with Gasteiger partial charge in [0.05, 0.1) is 27.2 Å². The van der Waals surface area contributed by atoms with E-state index in [2.05, 4.69) is 33.2 Å². The SMILES string of the molecule is Cc1ccc(C(C(=O)OC2CC[N+](C)(C)CC2)c2ccccc2)cc1. The second kappa shape index (κ2) is 7.40. The van der Waals surface area contributed by atoms with E-state index < -0.39 is 0 Å². The molecule has 1 atom stereocenters. The Kier molecular flexibility index (Phi) is 5.24. The van der Waals surface area contributed by atoms with Crippen molar-refractivity contribution >= 4 is 5.97 Å². The van der Waals surface area contributed by atoms with Gasteiger partial charge >= 0.3 is 5.97 Å². The molecule has 1 aliphatic heterocycles. The Morgan fingerprint density at radius 1 is 0.960 bits per heavy atom. The van der Waals surface area contributed by atoms with Crippen molar-refractivity contribution in [3.05, 3.63) is 71.3 Å². The third-order valence-corrected chi connectivity index (χ3v) is 5.17. The minimum Gasteiger partial charge on any atom is -0.461 e. The molecule has 0 aromatic heterocycles. The number of nitrogens with zero attached hydrogens (tertiary/aromatic N) is 1. The monoisotopic (exact) mass is 338 g/mol. The second-order valence-electron chi connectivity index (χ2n) is 7.77. The van der Waals surface area contributed by atoms with E-state index in [-0.39, 0.29) is 18.0 Å². The number of benzene rings is 2. The summed E-state index contributed by atoms with van der Waals surface area (Å²) in [6.07, 6.45) is 1.91. The zero-order chi connectivity index (χ0) is 17.9. The first-order valence-corrected chi connectivity index (χ1v) is 9.09. The van der Waals surface area contributed by atoms with Gasteiger partial charge in [0.2, 0.25) is 0 Å². The normalized spacial score (nSPS) is 18.5. The molecule has 25 heavy (non-hydrogen) atoms. The molecule has 0 aliphatic carbocycles. The quantitative estimate of drug-likeness (QED) is 0.624. The van der Waals surface area contributed by atoms with Gasteiger partial charge in [0, 0.05) is 12.8 Å². The van der Waals surface area contributed by atoms with Crippen molar-refractivity contribution in [1.29, 1.82) is 0 Å². The van der Waals surface area contributed by atoms with Crippen LogP contribution in [0.3, 0.4) is 0 Å². The third kappa shape index (κ3) is 4.49. The van der Waals surface area contributed by atoms with Crippen LogP contribution in [0.25, 0.3) is 0 Å². The number of aryl methyl sites for hydroxylation is 1. The van der Waals surface area contributed by atoms with Crippen LogP contribution in [0.5, 0.6) is 0 Å². The molecule has 0 radical (unpaired) electrons. The Labute approximate surface area is 150 Å². The van der Waals surface area contributed by atoms with E-state index in [1.165, 1.54) is 5.56 Å². The number of likely N-dealkylation sites (tertiary alicyclic amines) is 1. The van der Waals surface area contributed by atoms with Crippen molar-refractivity contribution in [2.24, 2.45) is 0 Å². The van der Waals surface area contributed by atoms with Gasteiger partial charge in [-0.05, 0) is 18.1 Å². The fraction of sp³-hybridized carbons (Fsp3) is 0.409. The highest BCUT2D eigenvalue weighted by molar-refractivity contribution is 5.82. The van der Waals surface area contributed by atoms with Crippen molar-refractivity contribution in [1.82, 2.24) is 0 Å². The summed E-state index contributed by atoms with van der Waals surface area (Å²) in [5.74, 6) is -0.488. The Hall–Kier alpha value is -2.13. The lowest BCUT2D eigenvalue weighted by Gasteiger charge is -2.37. The van der Waals surface area contributed by atoms with Crippen molar-refractivity contribution in [3.8, 4) is 0 Å². The lowest BCUT2D eigenvalue weighted by atomic mass is 9.90. The summed E-state index contributed by atoms with van der Waals surface area (Å²) in [7, 11) is 4.47. The Bertz CT molecular complexity index is 697. The van der Waals surface area contributed by atoms with Crippen LogP contribution in [0, 0.1) is 6.92 Å². The predicted octanol–water partition coefficient (Wildman–Crippen LogP) is 3.91. The van der Waals surface area contributed by atoms with Crippen LogP contribution >= 0.6 is 0 Å². The molecule has 2 aromatic carbocycles. The fourth-order valence-electron chi connectivity index (χ4n) is 3.46. The Balaban J connectivity index is 1.80. The van der Waals surface area contributed by atoms with Gasteiger partial charge < -0.3 is 9.22 Å². The molecule has 1 heterocycles. The van der Waals surface area contributed by atoms with Crippen molar-refractivity contribution in [3.63, 3.8) is 0 Å². The van der Waals surface area contributed by atoms with Gasteiger partial charge in [0.15, 0.2) is 0 Å². The van der Waals surface area contributed by atoms with E-state index >= 15 is 0 Å². The van der Waals surface area contributed by atoms with E-state index in [1.54, 1.807) is 0 Å². The van der Waals surface area contributed by atoms with Gasteiger partial charge in [0.1, 0.15) is 12.0 Å². The van der Waals surface area contributed by atoms with Gasteiger partial charge in [0.25, 0.3) is 0 Å². The molecule has 1 fully saturated rings. The second-order valence-corrected chi connectivity index (χ2v) is 7.77. The molecule has 0 bridgehead atoms. The standard InChI is InChI=1S/C22H28NO2/c1-17-9-11-19(12-10-17)21(18-7-5-4-6-8-18)22(24)25-20-13-15-23(2,3)16-14-20/h4-12,20-21H,13-16H2,1-3H3/q+1. The molecule has 0 N–H and O–H groups in total. The minimum absolute atomic E-state index is 0.0373. The number of ether oxygens (including phenoxy) is 1. The molecule has 132 valence electrons. The van der Waals surface area contributed by atoms with Gasteiger partial charge in [-0.3, -0.25) is 4.79 Å². The van der Waals surface area contributed by atoms with E-state index in [4.69, 9.17) is 4.74 Å². The largest absolute Gasteiger partial charge is 0.461 e. The third-order valence-electron chi connectivity index (χ3n) is 5.17.